The first-order valence-electron chi connectivity index (χ1n) is 10.4. The van der Waals surface area contributed by atoms with Crippen LogP contribution in [0.5, 0.6) is 0 Å². The fourth-order valence-corrected chi connectivity index (χ4v) is 6.30. The van der Waals surface area contributed by atoms with Gasteiger partial charge in [0.2, 0.25) is 12.7 Å². The summed E-state index contributed by atoms with van der Waals surface area (Å²) in [6.45, 7) is 7.80. The van der Waals surface area contributed by atoms with Crippen LogP contribution >= 0.6 is 0 Å². The van der Waals surface area contributed by atoms with Crippen molar-refractivity contribution >= 4 is 27.7 Å². The Balaban J connectivity index is 1.66. The third kappa shape index (κ3) is 4.13. The molecule has 0 spiro atoms. The van der Waals surface area contributed by atoms with Crippen LogP contribution in [0.4, 0.5) is 0 Å². The first-order chi connectivity index (χ1) is 14.8. The van der Waals surface area contributed by atoms with Crippen molar-refractivity contribution in [1.29, 1.82) is 0 Å². The average molecular weight is 467 g/mol. The zero-order chi connectivity index (χ0) is 23.9. The summed E-state index contributed by atoms with van der Waals surface area (Å²) in [7, 11) is -3.85. The first-order valence-corrected chi connectivity index (χ1v) is 12.0. The van der Waals surface area contributed by atoms with Crippen molar-refractivity contribution in [2.24, 2.45) is 11.3 Å². The van der Waals surface area contributed by atoms with Crippen LogP contribution < -0.4 is 5.32 Å². The minimum Gasteiger partial charge on any atom is -0.427 e. The Hall–Kier alpha value is -2.46. The summed E-state index contributed by atoms with van der Waals surface area (Å²) in [5.41, 5.74) is 0.234. The van der Waals surface area contributed by atoms with Gasteiger partial charge in [0.1, 0.15) is 11.4 Å². The maximum atomic E-state index is 13.2. The van der Waals surface area contributed by atoms with Crippen LogP contribution in [0.3, 0.4) is 0 Å². The van der Waals surface area contributed by atoms with Crippen molar-refractivity contribution in [2.45, 2.75) is 57.3 Å². The van der Waals surface area contributed by atoms with E-state index >= 15 is 0 Å². The zero-order valence-corrected chi connectivity index (χ0v) is 19.8. The van der Waals surface area contributed by atoms with E-state index in [2.05, 4.69) is 5.32 Å². The SMILES string of the molecule is CC(C)(C)C(=O)OCOC(=O)[C@@H]1N2C(=O)[C@H](CNCc3ccccc3)[C@H]2S(=O)(=O)C1(C)C. The van der Waals surface area contributed by atoms with Crippen molar-refractivity contribution in [1.82, 2.24) is 10.2 Å². The van der Waals surface area contributed by atoms with E-state index in [0.29, 0.717) is 6.54 Å². The molecular weight excluding hydrogens is 436 g/mol. The van der Waals surface area contributed by atoms with Gasteiger partial charge in [0.15, 0.2) is 9.84 Å². The minimum atomic E-state index is -3.85. The maximum Gasteiger partial charge on any atom is 0.333 e. The number of rotatable bonds is 7. The number of carbonyl (C=O) groups is 3. The highest BCUT2D eigenvalue weighted by molar-refractivity contribution is 7.93. The van der Waals surface area contributed by atoms with Gasteiger partial charge in [-0.3, -0.25) is 9.59 Å². The highest BCUT2D eigenvalue weighted by Crippen LogP contribution is 2.48. The smallest absolute Gasteiger partial charge is 0.333 e. The monoisotopic (exact) mass is 466 g/mol. The molecule has 9 nitrogen and oxygen atoms in total. The van der Waals surface area contributed by atoms with E-state index < -0.39 is 62.0 Å². The Kier molecular flexibility index (Phi) is 6.41. The Morgan fingerprint density at radius 2 is 1.75 bits per heavy atom. The summed E-state index contributed by atoms with van der Waals surface area (Å²) in [5.74, 6) is -2.67. The summed E-state index contributed by atoms with van der Waals surface area (Å²) in [6, 6.07) is 8.24. The molecule has 10 heteroatoms. The van der Waals surface area contributed by atoms with Crippen LogP contribution in [0.1, 0.15) is 40.2 Å². The fraction of sp³-hybridized carbons (Fsp3) is 0.591. The van der Waals surface area contributed by atoms with E-state index in [1.54, 1.807) is 20.8 Å². The van der Waals surface area contributed by atoms with Gasteiger partial charge >= 0.3 is 11.9 Å². The van der Waals surface area contributed by atoms with Gasteiger partial charge in [-0.15, -0.1) is 0 Å². The van der Waals surface area contributed by atoms with E-state index in [4.69, 9.17) is 9.47 Å². The molecule has 0 unspecified atom stereocenters. The number of esters is 2. The number of hydrogen-bond acceptors (Lipinski definition) is 8. The summed E-state index contributed by atoms with van der Waals surface area (Å²) >= 11 is 0. The molecule has 2 heterocycles. The molecule has 2 saturated heterocycles. The topological polar surface area (TPSA) is 119 Å². The van der Waals surface area contributed by atoms with Crippen LogP contribution in [-0.4, -0.2) is 60.7 Å². The van der Waals surface area contributed by atoms with Crippen molar-refractivity contribution < 1.29 is 32.3 Å². The molecule has 1 aromatic carbocycles. The zero-order valence-electron chi connectivity index (χ0n) is 19.0. The molecule has 0 bridgehead atoms. The number of sulfone groups is 1. The second-order valence-corrected chi connectivity index (χ2v) is 12.3. The number of amides is 1. The average Bonchev–Trinajstić information content (AvgIpc) is 2.85. The van der Waals surface area contributed by atoms with E-state index in [9.17, 15) is 22.8 Å². The van der Waals surface area contributed by atoms with Crippen LogP contribution in [-0.2, 0) is 40.2 Å². The molecule has 1 aromatic rings. The highest BCUT2D eigenvalue weighted by atomic mass is 32.2. The lowest BCUT2D eigenvalue weighted by Gasteiger charge is -2.43. The summed E-state index contributed by atoms with van der Waals surface area (Å²) in [4.78, 5) is 38.5. The van der Waals surface area contributed by atoms with Crippen LogP contribution in [0.15, 0.2) is 30.3 Å². The van der Waals surface area contributed by atoms with Gasteiger partial charge in [-0.05, 0) is 40.2 Å². The molecule has 32 heavy (non-hydrogen) atoms. The van der Waals surface area contributed by atoms with E-state index in [0.717, 1.165) is 10.5 Å². The highest BCUT2D eigenvalue weighted by Gasteiger charge is 2.72. The molecule has 3 atom stereocenters. The van der Waals surface area contributed by atoms with Crippen LogP contribution in [0.25, 0.3) is 0 Å². The molecule has 2 aliphatic heterocycles. The van der Waals surface area contributed by atoms with Crippen molar-refractivity contribution in [3.05, 3.63) is 35.9 Å². The summed E-state index contributed by atoms with van der Waals surface area (Å²) < 4.78 is 34.8. The molecule has 3 rings (SSSR count). The molecule has 0 aliphatic carbocycles. The van der Waals surface area contributed by atoms with Crippen molar-refractivity contribution in [2.75, 3.05) is 13.3 Å². The van der Waals surface area contributed by atoms with E-state index in [1.807, 2.05) is 30.3 Å². The molecule has 0 aromatic heterocycles. The minimum absolute atomic E-state index is 0.176. The Morgan fingerprint density at radius 3 is 2.34 bits per heavy atom. The molecule has 2 fully saturated rings. The predicted octanol–water partition coefficient (Wildman–Crippen LogP) is 1.23. The second kappa shape index (κ2) is 8.47. The van der Waals surface area contributed by atoms with E-state index in [-0.39, 0.29) is 6.54 Å². The number of nitrogens with zero attached hydrogens (tertiary/aromatic N) is 1. The predicted molar refractivity (Wildman–Crippen MR) is 116 cm³/mol. The Bertz CT molecular complexity index is 999. The molecule has 1 amide bonds. The maximum absolute atomic E-state index is 13.2. The molecule has 0 saturated carbocycles. The molecule has 176 valence electrons. The third-order valence-corrected chi connectivity index (χ3v) is 8.82. The van der Waals surface area contributed by atoms with Crippen molar-refractivity contribution in [3.8, 4) is 0 Å². The Labute approximate surface area is 188 Å². The van der Waals surface area contributed by atoms with Gasteiger partial charge < -0.3 is 19.7 Å². The lowest BCUT2D eigenvalue weighted by molar-refractivity contribution is -0.181. The number of hydrogen-bond donors (Lipinski definition) is 1. The van der Waals surface area contributed by atoms with Gasteiger partial charge in [-0.1, -0.05) is 30.3 Å². The number of carbonyl (C=O) groups excluding carboxylic acids is 3. The normalized spacial score (nSPS) is 25.6. The van der Waals surface area contributed by atoms with Crippen LogP contribution in [0.2, 0.25) is 0 Å². The van der Waals surface area contributed by atoms with Gasteiger partial charge in [-0.2, -0.15) is 0 Å². The standard InChI is InChI=1S/C22H30N2O7S/c1-21(2,3)20(27)31-13-30-19(26)16-22(4,5)32(28,29)18-15(17(25)24(16)18)12-23-11-14-9-7-6-8-10-14/h6-10,15-16,18,23H,11-13H2,1-5H3/t15-,16-,18+/m0/s1. The largest absolute Gasteiger partial charge is 0.427 e. The van der Waals surface area contributed by atoms with E-state index in [1.165, 1.54) is 13.8 Å². The van der Waals surface area contributed by atoms with Crippen molar-refractivity contribution in [3.63, 3.8) is 0 Å². The lowest BCUT2D eigenvalue weighted by Crippen LogP contribution is -2.65. The van der Waals surface area contributed by atoms with Crippen LogP contribution in [0, 0.1) is 11.3 Å². The third-order valence-electron chi connectivity index (χ3n) is 5.94. The second-order valence-electron chi connectivity index (χ2n) is 9.67. The summed E-state index contributed by atoms with van der Waals surface area (Å²) in [5, 5.41) is 2.04. The van der Waals surface area contributed by atoms with Gasteiger partial charge in [-0.25, -0.2) is 13.2 Å². The van der Waals surface area contributed by atoms with Gasteiger partial charge in [0, 0.05) is 13.1 Å². The number of ether oxygens (including phenoxy) is 2. The number of β-lactam (4-membered cyclic amide) rings is 1. The number of benzene rings is 1. The summed E-state index contributed by atoms with van der Waals surface area (Å²) in [6.07, 6.45) is 0. The molecule has 1 N–H and O–H groups in total. The van der Waals surface area contributed by atoms with Gasteiger partial charge in [0.05, 0.1) is 16.1 Å². The number of fused-ring (bicyclic) bond motifs is 1. The number of nitrogens with one attached hydrogen (secondary N) is 1. The lowest BCUT2D eigenvalue weighted by atomic mass is 9.91. The first kappa shape index (κ1) is 24.2. The quantitative estimate of drug-likeness (QED) is 0.362. The molecule has 2 aliphatic rings. The Morgan fingerprint density at radius 1 is 1.12 bits per heavy atom. The molecule has 0 radical (unpaired) electrons. The fourth-order valence-electron chi connectivity index (χ4n) is 3.98. The van der Waals surface area contributed by atoms with Gasteiger partial charge in [0.25, 0.3) is 0 Å². The molecular formula is C22H30N2O7S.